The molecular weight excluding hydrogens is 302 g/mol. The average molecular weight is 326 g/mol. The van der Waals surface area contributed by atoms with Crippen molar-refractivity contribution in [3.05, 3.63) is 30.3 Å². The smallest absolute Gasteiger partial charge is 0.249 e. The van der Waals surface area contributed by atoms with Crippen LogP contribution in [0.4, 0.5) is 5.69 Å². The Hall–Kier alpha value is -1.59. The van der Waals surface area contributed by atoms with Crippen molar-refractivity contribution in [3.8, 4) is 0 Å². The van der Waals surface area contributed by atoms with E-state index in [0.29, 0.717) is 19.5 Å². The highest BCUT2D eigenvalue weighted by molar-refractivity contribution is 6.00. The number of nitrogens with zero attached hydrogens (tertiary/aromatic N) is 1. The first kappa shape index (κ1) is 18.5. The maximum Gasteiger partial charge on any atom is 0.249 e. The van der Waals surface area contributed by atoms with Gasteiger partial charge in [-0.25, -0.2) is 0 Å². The Labute approximate surface area is 137 Å². The van der Waals surface area contributed by atoms with E-state index in [1.807, 2.05) is 44.3 Å². The molecule has 0 spiro atoms. The van der Waals surface area contributed by atoms with Gasteiger partial charge in [-0.2, -0.15) is 0 Å². The Bertz CT molecular complexity index is 495. The van der Waals surface area contributed by atoms with Crippen LogP contribution in [0, 0.1) is 5.92 Å². The van der Waals surface area contributed by atoms with Gasteiger partial charge >= 0.3 is 0 Å². The molecule has 2 atom stereocenters. The van der Waals surface area contributed by atoms with Gasteiger partial charge in [-0.3, -0.25) is 9.59 Å². The van der Waals surface area contributed by atoms with Gasteiger partial charge in [0.25, 0.3) is 0 Å². The molecule has 1 fully saturated rings. The molecule has 1 heterocycles. The molecule has 22 heavy (non-hydrogen) atoms. The summed E-state index contributed by atoms with van der Waals surface area (Å²) in [5, 5.41) is 5.86. The van der Waals surface area contributed by atoms with E-state index in [-0.39, 0.29) is 30.1 Å². The zero-order valence-electron chi connectivity index (χ0n) is 13.0. The minimum absolute atomic E-state index is 0. The van der Waals surface area contributed by atoms with Gasteiger partial charge in [-0.1, -0.05) is 25.1 Å². The number of carbonyl (C=O) groups excluding carboxylic acids is 2. The van der Waals surface area contributed by atoms with E-state index in [1.54, 1.807) is 4.90 Å². The number of carbonyl (C=O) groups is 2. The second-order valence-electron chi connectivity index (χ2n) is 5.49. The van der Waals surface area contributed by atoms with E-state index < -0.39 is 6.04 Å². The number of rotatable bonds is 5. The van der Waals surface area contributed by atoms with Crippen LogP contribution in [0.2, 0.25) is 0 Å². The average Bonchev–Trinajstić information content (AvgIpc) is 2.50. The number of benzene rings is 1. The normalized spacial score (nSPS) is 19.3. The monoisotopic (exact) mass is 325 g/mol. The molecule has 1 aliphatic heterocycles. The summed E-state index contributed by atoms with van der Waals surface area (Å²) in [4.78, 5) is 26.4. The number of halogens is 1. The topological polar surface area (TPSA) is 61.4 Å². The molecular formula is C16H24ClN3O2. The first-order chi connectivity index (χ1) is 10.1. The predicted octanol–water partition coefficient (Wildman–Crippen LogP) is 1.58. The van der Waals surface area contributed by atoms with Crippen molar-refractivity contribution in [3.63, 3.8) is 0 Å². The summed E-state index contributed by atoms with van der Waals surface area (Å²) in [6, 6.07) is 9.19. The number of hydrogen-bond acceptors (Lipinski definition) is 3. The van der Waals surface area contributed by atoms with Gasteiger partial charge in [0.2, 0.25) is 11.8 Å². The van der Waals surface area contributed by atoms with Crippen molar-refractivity contribution in [2.45, 2.75) is 25.8 Å². The summed E-state index contributed by atoms with van der Waals surface area (Å²) >= 11 is 0. The Morgan fingerprint density at radius 2 is 2.05 bits per heavy atom. The molecule has 0 aliphatic carbocycles. The molecule has 1 saturated heterocycles. The lowest BCUT2D eigenvalue weighted by atomic mass is 10.0. The van der Waals surface area contributed by atoms with Gasteiger partial charge in [0, 0.05) is 24.7 Å². The fraction of sp³-hybridized carbons (Fsp3) is 0.500. The second-order valence-corrected chi connectivity index (χ2v) is 5.49. The minimum atomic E-state index is -0.411. The maximum absolute atomic E-state index is 12.5. The van der Waals surface area contributed by atoms with Crippen molar-refractivity contribution < 1.29 is 9.59 Å². The number of hydrogen-bond donors (Lipinski definition) is 2. The lowest BCUT2D eigenvalue weighted by Gasteiger charge is -2.33. The lowest BCUT2D eigenvalue weighted by Crippen LogP contribution is -2.53. The van der Waals surface area contributed by atoms with Crippen molar-refractivity contribution >= 4 is 29.9 Å². The van der Waals surface area contributed by atoms with Crippen LogP contribution in [0.1, 0.15) is 19.8 Å². The lowest BCUT2D eigenvalue weighted by molar-refractivity contribution is -0.130. The molecule has 0 bridgehead atoms. The summed E-state index contributed by atoms with van der Waals surface area (Å²) < 4.78 is 0. The zero-order valence-corrected chi connectivity index (χ0v) is 13.9. The number of para-hydroxylation sites is 1. The van der Waals surface area contributed by atoms with Gasteiger partial charge in [0.05, 0.1) is 0 Å². The quantitative estimate of drug-likeness (QED) is 0.864. The highest BCUT2D eigenvalue weighted by Crippen LogP contribution is 2.20. The van der Waals surface area contributed by atoms with E-state index >= 15 is 0 Å². The van der Waals surface area contributed by atoms with Gasteiger partial charge in [-0.15, -0.1) is 12.4 Å². The minimum Gasteiger partial charge on any atom is -0.344 e. The SMILES string of the molecule is CNCC(C)C(=O)NC1CCCN(c2ccccc2)C1=O.Cl. The summed E-state index contributed by atoms with van der Waals surface area (Å²) in [5.74, 6) is -0.232. The fourth-order valence-electron chi connectivity index (χ4n) is 2.59. The molecule has 0 saturated carbocycles. The molecule has 0 radical (unpaired) electrons. The van der Waals surface area contributed by atoms with E-state index in [4.69, 9.17) is 0 Å². The molecule has 2 N–H and O–H groups in total. The highest BCUT2D eigenvalue weighted by atomic mass is 35.5. The van der Waals surface area contributed by atoms with E-state index in [9.17, 15) is 9.59 Å². The molecule has 122 valence electrons. The van der Waals surface area contributed by atoms with Crippen LogP contribution in [-0.2, 0) is 9.59 Å². The molecule has 1 aromatic rings. The first-order valence-corrected chi connectivity index (χ1v) is 7.45. The summed E-state index contributed by atoms with van der Waals surface area (Å²) in [6.45, 7) is 3.17. The van der Waals surface area contributed by atoms with Crippen LogP contribution < -0.4 is 15.5 Å². The Balaban J connectivity index is 0.00000242. The third kappa shape index (κ3) is 4.45. The van der Waals surface area contributed by atoms with E-state index in [2.05, 4.69) is 10.6 Å². The number of nitrogens with one attached hydrogen (secondary N) is 2. The maximum atomic E-state index is 12.5. The van der Waals surface area contributed by atoms with Gasteiger partial charge in [-0.05, 0) is 32.0 Å². The zero-order chi connectivity index (χ0) is 15.2. The summed E-state index contributed by atoms with van der Waals surface area (Å²) in [5.41, 5.74) is 0.893. The fourth-order valence-corrected chi connectivity index (χ4v) is 2.59. The molecule has 1 aromatic carbocycles. The van der Waals surface area contributed by atoms with Gasteiger partial charge in [0.15, 0.2) is 0 Å². The van der Waals surface area contributed by atoms with Crippen molar-refractivity contribution in [1.82, 2.24) is 10.6 Å². The van der Waals surface area contributed by atoms with Gasteiger partial charge < -0.3 is 15.5 Å². The Morgan fingerprint density at radius 3 is 2.68 bits per heavy atom. The molecule has 0 aromatic heterocycles. The van der Waals surface area contributed by atoms with Crippen LogP contribution in [0.5, 0.6) is 0 Å². The molecule has 5 nitrogen and oxygen atoms in total. The van der Waals surface area contributed by atoms with Crippen LogP contribution in [0.25, 0.3) is 0 Å². The van der Waals surface area contributed by atoms with Crippen molar-refractivity contribution in [1.29, 1.82) is 0 Å². The highest BCUT2D eigenvalue weighted by Gasteiger charge is 2.31. The number of piperidine rings is 1. The van der Waals surface area contributed by atoms with Crippen LogP contribution in [-0.4, -0.2) is 38.0 Å². The largest absolute Gasteiger partial charge is 0.344 e. The summed E-state index contributed by atoms with van der Waals surface area (Å²) in [7, 11) is 1.81. The Kier molecular flexibility index (Phi) is 7.35. The van der Waals surface area contributed by atoms with Crippen LogP contribution >= 0.6 is 12.4 Å². The second kappa shape index (κ2) is 8.76. The van der Waals surface area contributed by atoms with E-state index in [1.165, 1.54) is 0 Å². The summed E-state index contributed by atoms with van der Waals surface area (Å²) in [6.07, 6.45) is 1.60. The Morgan fingerprint density at radius 1 is 1.36 bits per heavy atom. The molecule has 2 unspecified atom stereocenters. The third-order valence-electron chi connectivity index (χ3n) is 3.78. The predicted molar refractivity (Wildman–Crippen MR) is 90.3 cm³/mol. The van der Waals surface area contributed by atoms with Gasteiger partial charge in [0.1, 0.15) is 6.04 Å². The molecule has 1 aliphatic rings. The van der Waals surface area contributed by atoms with Crippen molar-refractivity contribution in [2.75, 3.05) is 25.0 Å². The molecule has 6 heteroatoms. The van der Waals surface area contributed by atoms with E-state index in [0.717, 1.165) is 12.1 Å². The molecule has 2 rings (SSSR count). The van der Waals surface area contributed by atoms with Crippen LogP contribution in [0.3, 0.4) is 0 Å². The standard InChI is InChI=1S/C16H23N3O2.ClH/c1-12(11-17-2)15(20)18-14-9-6-10-19(16(14)21)13-7-4-3-5-8-13;/h3-5,7-8,12,14,17H,6,9-11H2,1-2H3,(H,18,20);1H. The number of amides is 2. The first-order valence-electron chi connectivity index (χ1n) is 7.45. The number of anilines is 1. The molecule has 2 amide bonds. The third-order valence-corrected chi connectivity index (χ3v) is 3.78. The van der Waals surface area contributed by atoms with Crippen molar-refractivity contribution in [2.24, 2.45) is 5.92 Å². The van der Waals surface area contributed by atoms with Crippen LogP contribution in [0.15, 0.2) is 30.3 Å².